The average molecular weight is 248 g/mol. The minimum Gasteiger partial charge on any atom is -0.394 e. The normalized spacial score (nSPS) is 10.8. The molecule has 0 aliphatic rings. The van der Waals surface area contributed by atoms with E-state index in [1.165, 1.54) is 0 Å². The fourth-order valence-corrected chi connectivity index (χ4v) is 1.95. The van der Waals surface area contributed by atoms with Crippen LogP contribution in [0.25, 0.3) is 0 Å². The van der Waals surface area contributed by atoms with Crippen molar-refractivity contribution in [2.75, 3.05) is 17.6 Å². The highest BCUT2D eigenvalue weighted by molar-refractivity contribution is 5.64. The molecular formula is C12H20N6. The van der Waals surface area contributed by atoms with Crippen LogP contribution in [0, 0.1) is 0 Å². The summed E-state index contributed by atoms with van der Waals surface area (Å²) in [6.07, 6.45) is 7.49. The number of nitrogens with zero attached hydrogens (tertiary/aromatic N) is 4. The summed E-state index contributed by atoms with van der Waals surface area (Å²) in [5, 5.41) is 7.75. The predicted molar refractivity (Wildman–Crippen MR) is 72.3 cm³/mol. The van der Waals surface area contributed by atoms with Gasteiger partial charge in [0.1, 0.15) is 5.82 Å². The van der Waals surface area contributed by atoms with Gasteiger partial charge in [-0.05, 0) is 6.42 Å². The summed E-state index contributed by atoms with van der Waals surface area (Å²) >= 11 is 0. The number of aromatic nitrogens is 4. The number of aryl methyl sites for hydroxylation is 2. The van der Waals surface area contributed by atoms with Crippen LogP contribution < -0.4 is 11.1 Å². The second-order valence-corrected chi connectivity index (χ2v) is 4.31. The SMILES string of the molecule is CCCc1nn(C)c(NCCn2ccnc2)c1N. The van der Waals surface area contributed by atoms with E-state index < -0.39 is 0 Å². The summed E-state index contributed by atoms with van der Waals surface area (Å²) in [5.41, 5.74) is 7.83. The van der Waals surface area contributed by atoms with Crippen molar-refractivity contribution in [3.05, 3.63) is 24.4 Å². The second kappa shape index (κ2) is 5.57. The van der Waals surface area contributed by atoms with Crippen LogP contribution in [0.2, 0.25) is 0 Å². The first-order chi connectivity index (χ1) is 8.72. The highest BCUT2D eigenvalue weighted by Crippen LogP contribution is 2.22. The molecule has 2 rings (SSSR count). The Morgan fingerprint density at radius 3 is 2.94 bits per heavy atom. The lowest BCUT2D eigenvalue weighted by Crippen LogP contribution is -2.12. The molecule has 6 nitrogen and oxygen atoms in total. The Morgan fingerprint density at radius 2 is 2.28 bits per heavy atom. The lowest BCUT2D eigenvalue weighted by atomic mass is 10.2. The van der Waals surface area contributed by atoms with E-state index in [0.717, 1.165) is 43.1 Å². The molecule has 0 saturated carbocycles. The molecule has 3 N–H and O–H groups in total. The number of imidazole rings is 1. The molecule has 0 aromatic carbocycles. The van der Waals surface area contributed by atoms with Crippen molar-refractivity contribution in [2.24, 2.45) is 7.05 Å². The number of anilines is 2. The maximum Gasteiger partial charge on any atom is 0.147 e. The molecule has 18 heavy (non-hydrogen) atoms. The summed E-state index contributed by atoms with van der Waals surface area (Å²) in [7, 11) is 1.91. The third kappa shape index (κ3) is 2.64. The second-order valence-electron chi connectivity index (χ2n) is 4.31. The Labute approximate surface area is 107 Å². The quantitative estimate of drug-likeness (QED) is 0.807. The molecule has 0 unspecified atom stereocenters. The standard InChI is InChI=1S/C12H20N6/c1-3-4-10-11(13)12(17(2)16-10)15-6-8-18-7-5-14-9-18/h5,7,9,15H,3-4,6,8,13H2,1-2H3. The van der Waals surface area contributed by atoms with Gasteiger partial charge in [0.2, 0.25) is 0 Å². The van der Waals surface area contributed by atoms with Gasteiger partial charge in [0.05, 0.1) is 17.7 Å². The van der Waals surface area contributed by atoms with Crippen molar-refractivity contribution in [2.45, 2.75) is 26.3 Å². The number of nitrogens with two attached hydrogens (primary N) is 1. The first kappa shape index (κ1) is 12.5. The first-order valence-corrected chi connectivity index (χ1v) is 6.23. The van der Waals surface area contributed by atoms with Gasteiger partial charge in [-0.2, -0.15) is 5.10 Å². The van der Waals surface area contributed by atoms with Crippen molar-refractivity contribution in [3.8, 4) is 0 Å². The van der Waals surface area contributed by atoms with Crippen LogP contribution in [-0.4, -0.2) is 25.9 Å². The van der Waals surface area contributed by atoms with Gasteiger partial charge in [-0.15, -0.1) is 0 Å². The summed E-state index contributed by atoms with van der Waals surface area (Å²) < 4.78 is 3.83. The number of hydrogen-bond acceptors (Lipinski definition) is 4. The third-order valence-electron chi connectivity index (χ3n) is 2.87. The van der Waals surface area contributed by atoms with E-state index in [1.54, 1.807) is 12.5 Å². The molecule has 0 amide bonds. The lowest BCUT2D eigenvalue weighted by molar-refractivity contribution is 0.705. The third-order valence-corrected chi connectivity index (χ3v) is 2.87. The molecule has 0 aliphatic carbocycles. The molecule has 0 atom stereocenters. The molecule has 2 aromatic heterocycles. The van der Waals surface area contributed by atoms with Gasteiger partial charge in [0.15, 0.2) is 0 Å². The summed E-state index contributed by atoms with van der Waals surface area (Å²) in [6.45, 7) is 3.78. The van der Waals surface area contributed by atoms with E-state index in [2.05, 4.69) is 22.3 Å². The van der Waals surface area contributed by atoms with E-state index in [1.807, 2.05) is 22.5 Å². The first-order valence-electron chi connectivity index (χ1n) is 6.23. The predicted octanol–water partition coefficient (Wildman–Crippen LogP) is 1.26. The maximum atomic E-state index is 6.08. The Hall–Kier alpha value is -1.98. The molecule has 0 bridgehead atoms. The number of nitrogens with one attached hydrogen (secondary N) is 1. The molecule has 0 fully saturated rings. The summed E-state index contributed by atoms with van der Waals surface area (Å²) in [4.78, 5) is 4.00. The van der Waals surface area contributed by atoms with Crippen LogP contribution in [0.5, 0.6) is 0 Å². The maximum absolute atomic E-state index is 6.08. The van der Waals surface area contributed by atoms with Gasteiger partial charge in [-0.1, -0.05) is 13.3 Å². The number of hydrogen-bond donors (Lipinski definition) is 2. The van der Waals surface area contributed by atoms with Crippen molar-refractivity contribution >= 4 is 11.5 Å². The lowest BCUT2D eigenvalue weighted by Gasteiger charge is -2.08. The van der Waals surface area contributed by atoms with E-state index >= 15 is 0 Å². The highest BCUT2D eigenvalue weighted by atomic mass is 15.3. The van der Waals surface area contributed by atoms with Gasteiger partial charge < -0.3 is 15.6 Å². The van der Waals surface area contributed by atoms with Crippen molar-refractivity contribution in [1.82, 2.24) is 19.3 Å². The molecule has 0 spiro atoms. The fraction of sp³-hybridized carbons (Fsp3) is 0.500. The molecule has 2 heterocycles. The van der Waals surface area contributed by atoms with E-state index in [4.69, 9.17) is 5.73 Å². The minimum absolute atomic E-state index is 0.769. The summed E-state index contributed by atoms with van der Waals surface area (Å²) in [6, 6.07) is 0. The summed E-state index contributed by atoms with van der Waals surface area (Å²) in [5.74, 6) is 0.901. The zero-order valence-electron chi connectivity index (χ0n) is 10.9. The van der Waals surface area contributed by atoms with Crippen molar-refractivity contribution < 1.29 is 0 Å². The Kier molecular flexibility index (Phi) is 3.86. The van der Waals surface area contributed by atoms with Crippen LogP contribution in [0.3, 0.4) is 0 Å². The van der Waals surface area contributed by atoms with E-state index in [-0.39, 0.29) is 0 Å². The van der Waals surface area contributed by atoms with E-state index in [9.17, 15) is 0 Å². The Morgan fingerprint density at radius 1 is 1.44 bits per heavy atom. The monoisotopic (exact) mass is 248 g/mol. The van der Waals surface area contributed by atoms with Gasteiger partial charge in [-0.3, -0.25) is 4.68 Å². The highest BCUT2D eigenvalue weighted by Gasteiger charge is 2.11. The zero-order chi connectivity index (χ0) is 13.0. The van der Waals surface area contributed by atoms with Crippen LogP contribution >= 0.6 is 0 Å². The Bertz CT molecular complexity index is 485. The van der Waals surface area contributed by atoms with Crippen LogP contribution in [0.1, 0.15) is 19.0 Å². The number of rotatable bonds is 6. The largest absolute Gasteiger partial charge is 0.394 e. The van der Waals surface area contributed by atoms with Crippen LogP contribution in [-0.2, 0) is 20.0 Å². The van der Waals surface area contributed by atoms with Crippen LogP contribution in [0.15, 0.2) is 18.7 Å². The fourth-order valence-electron chi connectivity index (χ4n) is 1.95. The van der Waals surface area contributed by atoms with Gasteiger partial charge in [0, 0.05) is 32.5 Å². The molecule has 0 saturated heterocycles. The van der Waals surface area contributed by atoms with Gasteiger partial charge >= 0.3 is 0 Å². The molecule has 2 aromatic rings. The number of nitrogen functional groups attached to an aromatic ring is 1. The van der Waals surface area contributed by atoms with Crippen molar-refractivity contribution in [3.63, 3.8) is 0 Å². The smallest absolute Gasteiger partial charge is 0.147 e. The van der Waals surface area contributed by atoms with Crippen molar-refractivity contribution in [1.29, 1.82) is 0 Å². The van der Waals surface area contributed by atoms with E-state index in [0.29, 0.717) is 0 Å². The minimum atomic E-state index is 0.769. The molecule has 98 valence electrons. The topological polar surface area (TPSA) is 73.7 Å². The molecular weight excluding hydrogens is 228 g/mol. The van der Waals surface area contributed by atoms with Gasteiger partial charge in [-0.25, -0.2) is 4.98 Å². The van der Waals surface area contributed by atoms with Crippen LogP contribution in [0.4, 0.5) is 11.5 Å². The molecule has 0 aliphatic heterocycles. The molecule has 0 radical (unpaired) electrons. The van der Waals surface area contributed by atoms with Gasteiger partial charge in [0.25, 0.3) is 0 Å². The average Bonchev–Trinajstić information content (AvgIpc) is 2.93. The zero-order valence-corrected chi connectivity index (χ0v) is 10.9. The molecule has 6 heteroatoms. The Balaban J connectivity index is 1.96.